The SMILES string of the molecule is COc1ccccc1NC(=O)C1=C(C)Nc2c(C(=O)Nc3cccc(C)c3)cnn2[C@@H]1c1ccccc1C. The fraction of sp³-hybridized carbons (Fsp3) is 0.167. The molecule has 0 radical (unpaired) electrons. The predicted molar refractivity (Wildman–Crippen MR) is 149 cm³/mol. The summed E-state index contributed by atoms with van der Waals surface area (Å²) in [5, 5.41) is 13.8. The van der Waals surface area contributed by atoms with Gasteiger partial charge in [-0.2, -0.15) is 5.10 Å². The number of nitrogens with one attached hydrogen (secondary N) is 3. The maximum atomic E-state index is 13.8. The number of nitrogens with zero attached hydrogens (tertiary/aromatic N) is 2. The van der Waals surface area contributed by atoms with Gasteiger partial charge >= 0.3 is 0 Å². The number of allylic oxidation sites excluding steroid dienone is 1. The van der Waals surface area contributed by atoms with Crippen molar-refractivity contribution in [2.24, 2.45) is 0 Å². The number of ether oxygens (including phenoxy) is 1. The quantitative estimate of drug-likeness (QED) is 0.312. The Kier molecular flexibility index (Phi) is 6.70. The molecule has 0 bridgehead atoms. The zero-order valence-corrected chi connectivity index (χ0v) is 21.7. The van der Waals surface area contributed by atoms with Gasteiger partial charge in [0.1, 0.15) is 23.2 Å². The van der Waals surface area contributed by atoms with Crippen LogP contribution in [0.25, 0.3) is 0 Å². The van der Waals surface area contributed by atoms with Crippen LogP contribution in [0.3, 0.4) is 0 Å². The summed E-state index contributed by atoms with van der Waals surface area (Å²) in [6.07, 6.45) is 1.53. The summed E-state index contributed by atoms with van der Waals surface area (Å²) >= 11 is 0. The number of carbonyl (C=O) groups is 2. The molecule has 3 aromatic carbocycles. The largest absolute Gasteiger partial charge is 0.495 e. The molecule has 38 heavy (non-hydrogen) atoms. The van der Waals surface area contributed by atoms with Gasteiger partial charge in [-0.15, -0.1) is 0 Å². The average Bonchev–Trinajstić information content (AvgIpc) is 3.32. The van der Waals surface area contributed by atoms with Crippen LogP contribution >= 0.6 is 0 Å². The van der Waals surface area contributed by atoms with E-state index in [9.17, 15) is 9.59 Å². The first-order chi connectivity index (χ1) is 18.4. The Morgan fingerprint density at radius 2 is 1.68 bits per heavy atom. The molecule has 2 amide bonds. The minimum absolute atomic E-state index is 0.289. The van der Waals surface area contributed by atoms with Crippen LogP contribution in [0.1, 0.15) is 40.0 Å². The van der Waals surface area contributed by atoms with Crippen LogP contribution in [0.4, 0.5) is 17.2 Å². The van der Waals surface area contributed by atoms with E-state index in [1.165, 1.54) is 6.20 Å². The van der Waals surface area contributed by atoms with E-state index in [0.717, 1.165) is 16.7 Å². The van der Waals surface area contributed by atoms with Gasteiger partial charge in [-0.3, -0.25) is 9.59 Å². The third-order valence-electron chi connectivity index (χ3n) is 6.63. The zero-order chi connectivity index (χ0) is 26.8. The van der Waals surface area contributed by atoms with E-state index in [-0.39, 0.29) is 11.8 Å². The molecule has 0 aliphatic carbocycles. The zero-order valence-electron chi connectivity index (χ0n) is 21.7. The highest BCUT2D eigenvalue weighted by molar-refractivity contribution is 6.09. The molecule has 0 fully saturated rings. The van der Waals surface area contributed by atoms with Crippen LogP contribution in [0.15, 0.2) is 90.3 Å². The molecule has 2 heterocycles. The topological polar surface area (TPSA) is 97.3 Å². The normalized spacial score (nSPS) is 14.4. The molecule has 0 saturated heterocycles. The van der Waals surface area contributed by atoms with Crippen LogP contribution in [0.2, 0.25) is 0 Å². The average molecular weight is 508 g/mol. The molecule has 5 rings (SSSR count). The molecular formula is C30H29N5O3. The number of carbonyl (C=O) groups excluding carboxylic acids is 2. The van der Waals surface area contributed by atoms with Crippen LogP contribution in [-0.2, 0) is 4.79 Å². The summed E-state index contributed by atoms with van der Waals surface area (Å²) < 4.78 is 7.13. The number of amides is 2. The van der Waals surface area contributed by atoms with Crippen molar-refractivity contribution >= 4 is 29.0 Å². The number of aryl methyl sites for hydroxylation is 2. The van der Waals surface area contributed by atoms with Crippen molar-refractivity contribution in [2.45, 2.75) is 26.8 Å². The van der Waals surface area contributed by atoms with Crippen molar-refractivity contribution in [3.05, 3.63) is 113 Å². The molecule has 0 spiro atoms. The number of benzene rings is 3. The minimum Gasteiger partial charge on any atom is -0.495 e. The molecule has 0 saturated carbocycles. The molecule has 1 aromatic heterocycles. The molecule has 1 atom stereocenters. The van der Waals surface area contributed by atoms with E-state index < -0.39 is 6.04 Å². The number of anilines is 3. The van der Waals surface area contributed by atoms with Gasteiger partial charge in [-0.05, 0) is 61.7 Å². The first kappa shape index (κ1) is 24.8. The Hall–Kier alpha value is -4.85. The molecule has 4 aromatic rings. The monoisotopic (exact) mass is 507 g/mol. The van der Waals surface area contributed by atoms with E-state index >= 15 is 0 Å². The van der Waals surface area contributed by atoms with Crippen LogP contribution in [0, 0.1) is 13.8 Å². The first-order valence-corrected chi connectivity index (χ1v) is 12.3. The van der Waals surface area contributed by atoms with Crippen molar-refractivity contribution in [1.82, 2.24) is 9.78 Å². The number of para-hydroxylation sites is 2. The Morgan fingerprint density at radius 1 is 0.921 bits per heavy atom. The molecule has 1 aliphatic heterocycles. The van der Waals surface area contributed by atoms with Gasteiger partial charge in [0.2, 0.25) is 0 Å². The van der Waals surface area contributed by atoms with Crippen LogP contribution in [0.5, 0.6) is 5.75 Å². The van der Waals surface area contributed by atoms with Gasteiger partial charge in [0.05, 0.1) is 24.6 Å². The third-order valence-corrected chi connectivity index (χ3v) is 6.63. The van der Waals surface area contributed by atoms with E-state index in [2.05, 4.69) is 21.0 Å². The molecule has 8 nitrogen and oxygen atoms in total. The Bertz CT molecular complexity index is 1570. The van der Waals surface area contributed by atoms with E-state index in [1.54, 1.807) is 23.9 Å². The second kappa shape index (κ2) is 10.3. The lowest BCUT2D eigenvalue weighted by Crippen LogP contribution is -2.32. The van der Waals surface area contributed by atoms with Gasteiger partial charge < -0.3 is 20.7 Å². The molecule has 0 unspecified atom stereocenters. The van der Waals surface area contributed by atoms with Gasteiger partial charge in [0.15, 0.2) is 0 Å². The van der Waals surface area contributed by atoms with Crippen LogP contribution < -0.4 is 20.7 Å². The highest BCUT2D eigenvalue weighted by Crippen LogP contribution is 2.39. The molecule has 192 valence electrons. The maximum absolute atomic E-state index is 13.8. The summed E-state index contributed by atoms with van der Waals surface area (Å²) in [5.41, 5.74) is 5.72. The number of hydrogen-bond donors (Lipinski definition) is 3. The molecule has 1 aliphatic rings. The lowest BCUT2D eigenvalue weighted by molar-refractivity contribution is -0.113. The fourth-order valence-corrected chi connectivity index (χ4v) is 4.76. The van der Waals surface area contributed by atoms with Gasteiger partial charge in [-0.25, -0.2) is 4.68 Å². The van der Waals surface area contributed by atoms with E-state index in [4.69, 9.17) is 4.74 Å². The third kappa shape index (κ3) is 4.64. The molecule has 3 N–H and O–H groups in total. The summed E-state index contributed by atoms with van der Waals surface area (Å²) in [4.78, 5) is 27.1. The lowest BCUT2D eigenvalue weighted by Gasteiger charge is -2.31. The number of aromatic nitrogens is 2. The van der Waals surface area contributed by atoms with Crippen molar-refractivity contribution in [3.8, 4) is 5.75 Å². The van der Waals surface area contributed by atoms with Gasteiger partial charge in [0.25, 0.3) is 11.8 Å². The van der Waals surface area contributed by atoms with E-state index in [0.29, 0.717) is 39.8 Å². The van der Waals surface area contributed by atoms with Crippen molar-refractivity contribution in [3.63, 3.8) is 0 Å². The van der Waals surface area contributed by atoms with E-state index in [1.807, 2.05) is 81.4 Å². The summed E-state index contributed by atoms with van der Waals surface area (Å²) in [5.74, 6) is 0.502. The Balaban J connectivity index is 1.56. The van der Waals surface area contributed by atoms with Crippen LogP contribution in [-0.4, -0.2) is 28.7 Å². The maximum Gasteiger partial charge on any atom is 0.261 e. The second-order valence-corrected chi connectivity index (χ2v) is 9.25. The summed E-state index contributed by atoms with van der Waals surface area (Å²) in [6, 6.07) is 22.2. The highest BCUT2D eigenvalue weighted by atomic mass is 16.5. The highest BCUT2D eigenvalue weighted by Gasteiger charge is 2.36. The number of hydrogen-bond acceptors (Lipinski definition) is 5. The molecule has 8 heteroatoms. The minimum atomic E-state index is -0.553. The second-order valence-electron chi connectivity index (χ2n) is 9.25. The Labute approximate surface area is 221 Å². The number of rotatable bonds is 6. The number of fused-ring (bicyclic) bond motifs is 1. The smallest absolute Gasteiger partial charge is 0.261 e. The molecular weight excluding hydrogens is 478 g/mol. The van der Waals surface area contributed by atoms with Crippen molar-refractivity contribution < 1.29 is 14.3 Å². The van der Waals surface area contributed by atoms with Crippen molar-refractivity contribution in [1.29, 1.82) is 0 Å². The summed E-state index contributed by atoms with van der Waals surface area (Å²) in [6.45, 7) is 5.80. The van der Waals surface area contributed by atoms with Crippen molar-refractivity contribution in [2.75, 3.05) is 23.1 Å². The lowest BCUT2D eigenvalue weighted by atomic mass is 9.91. The van der Waals surface area contributed by atoms with Gasteiger partial charge in [-0.1, -0.05) is 48.5 Å². The fourth-order valence-electron chi connectivity index (χ4n) is 4.76. The standard InChI is InChI=1S/C30H29N5O3/c1-18-10-9-12-21(16-18)33-29(36)23-17-31-35-27(22-13-6-5-11-19(22)2)26(20(3)32-28(23)35)30(37)34-24-14-7-8-15-25(24)38-4/h5-17,27,32H,1-4H3,(H,33,36)(H,34,37)/t27-/m1/s1. The summed E-state index contributed by atoms with van der Waals surface area (Å²) in [7, 11) is 1.56. The predicted octanol–water partition coefficient (Wildman–Crippen LogP) is 5.69. The first-order valence-electron chi connectivity index (χ1n) is 12.3. The Morgan fingerprint density at radius 3 is 2.45 bits per heavy atom. The number of methoxy groups -OCH3 is 1. The van der Waals surface area contributed by atoms with Gasteiger partial charge in [0, 0.05) is 11.4 Å².